The smallest absolute Gasteiger partial charge is 0.230 e. The summed E-state index contributed by atoms with van der Waals surface area (Å²) in [6, 6.07) is 7.70. The van der Waals surface area contributed by atoms with E-state index in [-0.39, 0.29) is 17.6 Å². The molecule has 1 rings (SSSR count). The monoisotopic (exact) mass is 275 g/mol. The van der Waals surface area contributed by atoms with Gasteiger partial charge in [-0.1, -0.05) is 39.0 Å². The Balaban J connectivity index is 3.41. The van der Waals surface area contributed by atoms with Crippen LogP contribution < -0.4 is 4.90 Å². The molecule has 0 aromatic heterocycles. The lowest BCUT2D eigenvalue weighted by Gasteiger charge is -2.39. The van der Waals surface area contributed by atoms with Crippen LogP contribution in [-0.2, 0) is 9.59 Å². The minimum atomic E-state index is -0.831. The molecular weight excluding hydrogens is 250 g/mol. The third-order valence-electron chi connectivity index (χ3n) is 3.63. The van der Waals surface area contributed by atoms with Gasteiger partial charge in [-0.15, -0.1) is 0 Å². The molecule has 0 bridgehead atoms. The molecule has 0 spiro atoms. The zero-order valence-electron chi connectivity index (χ0n) is 13.4. The number of anilines is 1. The fraction of sp³-hybridized carbons (Fsp3) is 0.529. The van der Waals surface area contributed by atoms with Gasteiger partial charge in [0.1, 0.15) is 5.54 Å². The first-order chi connectivity index (χ1) is 9.23. The number of Topliss-reactive ketones (excluding diaryl/α,β-unsaturated/α-hetero) is 1. The Morgan fingerprint density at radius 3 is 2.20 bits per heavy atom. The van der Waals surface area contributed by atoms with Crippen LogP contribution in [0.1, 0.15) is 46.6 Å². The van der Waals surface area contributed by atoms with Crippen LogP contribution >= 0.6 is 0 Å². The van der Waals surface area contributed by atoms with Crippen LogP contribution in [0.3, 0.4) is 0 Å². The van der Waals surface area contributed by atoms with E-state index in [0.29, 0.717) is 6.42 Å². The summed E-state index contributed by atoms with van der Waals surface area (Å²) in [5.41, 5.74) is 0.985. The number of amides is 1. The van der Waals surface area contributed by atoms with Gasteiger partial charge in [-0.2, -0.15) is 0 Å². The normalized spacial score (nSPS) is 11.6. The number of rotatable bonds is 5. The molecule has 0 saturated carbocycles. The number of para-hydroxylation sites is 1. The van der Waals surface area contributed by atoms with Crippen LogP contribution in [0.5, 0.6) is 0 Å². The number of nitrogens with zero attached hydrogens (tertiary/aromatic N) is 1. The number of aryl methyl sites for hydroxylation is 1. The van der Waals surface area contributed by atoms with Gasteiger partial charge < -0.3 is 0 Å². The quantitative estimate of drug-likeness (QED) is 0.821. The van der Waals surface area contributed by atoms with Crippen molar-refractivity contribution in [2.75, 3.05) is 4.90 Å². The highest BCUT2D eigenvalue weighted by molar-refractivity contribution is 6.04. The molecule has 1 aromatic rings. The number of ketones is 1. The summed E-state index contributed by atoms with van der Waals surface area (Å²) in [5.74, 6) is -0.112. The van der Waals surface area contributed by atoms with E-state index in [0.717, 1.165) is 11.3 Å². The third-order valence-corrected chi connectivity index (χ3v) is 3.63. The summed E-state index contributed by atoms with van der Waals surface area (Å²) in [6.07, 6.45) is 0.417. The Morgan fingerprint density at radius 2 is 1.75 bits per heavy atom. The van der Waals surface area contributed by atoms with Crippen LogP contribution in [0.25, 0.3) is 0 Å². The molecule has 1 aromatic carbocycles. The highest BCUT2D eigenvalue weighted by Crippen LogP contribution is 2.30. The number of benzene rings is 1. The first-order valence-corrected chi connectivity index (χ1v) is 7.16. The largest absolute Gasteiger partial charge is 0.299 e. The lowest BCUT2D eigenvalue weighted by Crippen LogP contribution is -2.54. The summed E-state index contributed by atoms with van der Waals surface area (Å²) < 4.78 is 0. The van der Waals surface area contributed by atoms with E-state index < -0.39 is 5.54 Å². The predicted molar refractivity (Wildman–Crippen MR) is 82.9 cm³/mol. The second-order valence-electron chi connectivity index (χ2n) is 5.95. The van der Waals surface area contributed by atoms with Crippen LogP contribution in [0.4, 0.5) is 5.69 Å². The number of hydrogen-bond acceptors (Lipinski definition) is 2. The molecule has 0 aliphatic rings. The highest BCUT2D eigenvalue weighted by Gasteiger charge is 2.38. The van der Waals surface area contributed by atoms with Crippen molar-refractivity contribution in [3.05, 3.63) is 29.8 Å². The third kappa shape index (κ3) is 3.09. The van der Waals surface area contributed by atoms with E-state index in [9.17, 15) is 9.59 Å². The SMILES string of the molecule is CCC(=O)C(C)(C)N(C(=O)C(C)C)c1ccccc1C. The second kappa shape index (κ2) is 6.21. The molecule has 0 aliphatic carbocycles. The molecule has 0 N–H and O–H groups in total. The van der Waals surface area contributed by atoms with Crippen molar-refractivity contribution < 1.29 is 9.59 Å². The summed E-state index contributed by atoms with van der Waals surface area (Å²) in [6.45, 7) is 11.2. The molecule has 0 aliphatic heterocycles. The van der Waals surface area contributed by atoms with E-state index in [4.69, 9.17) is 0 Å². The van der Waals surface area contributed by atoms with Crippen LogP contribution in [0, 0.1) is 12.8 Å². The molecule has 0 atom stereocenters. The Labute approximate surface area is 122 Å². The molecule has 3 nitrogen and oxygen atoms in total. The molecule has 0 fully saturated rings. The summed E-state index contributed by atoms with van der Waals surface area (Å²) in [7, 11) is 0. The Morgan fingerprint density at radius 1 is 1.20 bits per heavy atom. The average molecular weight is 275 g/mol. The van der Waals surface area contributed by atoms with Gasteiger partial charge in [0.15, 0.2) is 5.78 Å². The van der Waals surface area contributed by atoms with Crippen molar-refractivity contribution in [2.24, 2.45) is 5.92 Å². The zero-order valence-corrected chi connectivity index (χ0v) is 13.4. The molecule has 0 radical (unpaired) electrons. The van der Waals surface area contributed by atoms with Crippen molar-refractivity contribution in [1.29, 1.82) is 0 Å². The van der Waals surface area contributed by atoms with Crippen LogP contribution in [0.15, 0.2) is 24.3 Å². The number of hydrogen-bond donors (Lipinski definition) is 0. The first-order valence-electron chi connectivity index (χ1n) is 7.16. The maximum Gasteiger partial charge on any atom is 0.230 e. The van der Waals surface area contributed by atoms with E-state index in [1.54, 1.807) is 4.90 Å². The topological polar surface area (TPSA) is 37.4 Å². The molecular formula is C17H25NO2. The zero-order chi connectivity index (χ0) is 15.5. The molecule has 0 unspecified atom stereocenters. The molecule has 110 valence electrons. The van der Waals surface area contributed by atoms with Crippen molar-refractivity contribution >= 4 is 17.4 Å². The van der Waals surface area contributed by atoms with E-state index in [1.165, 1.54) is 0 Å². The fourth-order valence-electron chi connectivity index (χ4n) is 2.33. The maximum atomic E-state index is 12.6. The fourth-order valence-corrected chi connectivity index (χ4v) is 2.33. The highest BCUT2D eigenvalue weighted by atomic mass is 16.2. The van der Waals surface area contributed by atoms with E-state index in [2.05, 4.69) is 0 Å². The lowest BCUT2D eigenvalue weighted by molar-refractivity contribution is -0.129. The van der Waals surface area contributed by atoms with Crippen molar-refractivity contribution in [1.82, 2.24) is 0 Å². The van der Waals surface area contributed by atoms with Crippen LogP contribution in [-0.4, -0.2) is 17.2 Å². The minimum Gasteiger partial charge on any atom is -0.299 e. The van der Waals surface area contributed by atoms with Gasteiger partial charge in [0.05, 0.1) is 0 Å². The van der Waals surface area contributed by atoms with Crippen molar-refractivity contribution in [2.45, 2.75) is 53.5 Å². The van der Waals surface area contributed by atoms with Gasteiger partial charge in [-0.3, -0.25) is 14.5 Å². The summed E-state index contributed by atoms with van der Waals surface area (Å²) in [4.78, 5) is 26.6. The van der Waals surface area contributed by atoms with Gasteiger partial charge in [0, 0.05) is 18.0 Å². The van der Waals surface area contributed by atoms with Gasteiger partial charge in [-0.05, 0) is 32.4 Å². The van der Waals surface area contributed by atoms with Gasteiger partial charge in [0.2, 0.25) is 5.91 Å². The summed E-state index contributed by atoms with van der Waals surface area (Å²) in [5, 5.41) is 0. The maximum absolute atomic E-state index is 12.6. The molecule has 3 heteroatoms. The molecule has 1 amide bonds. The van der Waals surface area contributed by atoms with Gasteiger partial charge in [-0.25, -0.2) is 0 Å². The minimum absolute atomic E-state index is 0.0221. The standard InChI is InChI=1S/C17H25NO2/c1-7-15(19)17(5,6)18(16(20)12(2)3)14-11-9-8-10-13(14)4/h8-12H,7H2,1-6H3. The Hall–Kier alpha value is -1.64. The predicted octanol–water partition coefficient (Wildman–Crippen LogP) is 3.74. The average Bonchev–Trinajstić information content (AvgIpc) is 2.39. The van der Waals surface area contributed by atoms with Gasteiger partial charge >= 0.3 is 0 Å². The van der Waals surface area contributed by atoms with Crippen molar-refractivity contribution in [3.8, 4) is 0 Å². The second-order valence-corrected chi connectivity index (χ2v) is 5.95. The van der Waals surface area contributed by atoms with E-state index in [1.807, 2.05) is 65.8 Å². The van der Waals surface area contributed by atoms with Gasteiger partial charge in [0.25, 0.3) is 0 Å². The first kappa shape index (κ1) is 16.4. The molecule has 0 saturated heterocycles. The Kier molecular flexibility index (Phi) is 5.09. The van der Waals surface area contributed by atoms with Crippen LogP contribution in [0.2, 0.25) is 0 Å². The van der Waals surface area contributed by atoms with Crippen molar-refractivity contribution in [3.63, 3.8) is 0 Å². The number of carbonyl (C=O) groups excluding carboxylic acids is 2. The molecule has 0 heterocycles. The Bertz CT molecular complexity index is 503. The molecule has 20 heavy (non-hydrogen) atoms. The number of carbonyl (C=O) groups is 2. The lowest BCUT2D eigenvalue weighted by atomic mass is 9.91. The van der Waals surface area contributed by atoms with E-state index >= 15 is 0 Å². The summed E-state index contributed by atoms with van der Waals surface area (Å²) >= 11 is 0.